The van der Waals surface area contributed by atoms with Crippen molar-refractivity contribution in [2.24, 2.45) is 5.92 Å². The molecule has 1 N–H and O–H groups in total. The predicted octanol–water partition coefficient (Wildman–Crippen LogP) is 4.69. The summed E-state index contributed by atoms with van der Waals surface area (Å²) in [7, 11) is -3.10. The number of halogens is 2. The van der Waals surface area contributed by atoms with Crippen molar-refractivity contribution in [2.75, 3.05) is 37.8 Å². The van der Waals surface area contributed by atoms with Crippen LogP contribution in [0.5, 0.6) is 0 Å². The molecule has 0 unspecified atom stereocenters. The van der Waals surface area contributed by atoms with Crippen LogP contribution in [0.25, 0.3) is 0 Å². The summed E-state index contributed by atoms with van der Waals surface area (Å²) in [6.07, 6.45) is 5.91. The number of piperidine rings is 1. The fourth-order valence-electron chi connectivity index (χ4n) is 3.71. The maximum absolute atomic E-state index is 11.5. The number of nitrogens with zero attached hydrogens (tertiary/aromatic N) is 1. The molecule has 0 bridgehead atoms. The van der Waals surface area contributed by atoms with Crippen LogP contribution >= 0.6 is 24.8 Å². The van der Waals surface area contributed by atoms with Gasteiger partial charge in [0.25, 0.3) is 0 Å². The summed E-state index contributed by atoms with van der Waals surface area (Å²) in [5.41, 5.74) is 2.44. The molecule has 0 spiro atoms. The van der Waals surface area contributed by atoms with Gasteiger partial charge in [0.05, 0.1) is 4.90 Å². The number of rotatable bonds is 8. The van der Waals surface area contributed by atoms with E-state index in [1.54, 1.807) is 12.1 Å². The first-order valence-electron chi connectivity index (χ1n) is 9.81. The third kappa shape index (κ3) is 8.55. The Morgan fingerprint density at radius 2 is 1.59 bits per heavy atom. The fourth-order valence-corrected chi connectivity index (χ4v) is 4.34. The Morgan fingerprint density at radius 1 is 0.966 bits per heavy atom. The first-order chi connectivity index (χ1) is 13.0. The van der Waals surface area contributed by atoms with Gasteiger partial charge in [-0.2, -0.15) is 0 Å². The van der Waals surface area contributed by atoms with Gasteiger partial charge in [0, 0.05) is 18.5 Å². The molecule has 0 radical (unpaired) electrons. The highest BCUT2D eigenvalue weighted by Crippen LogP contribution is 2.22. The Bertz CT molecular complexity index is 806. The van der Waals surface area contributed by atoms with Gasteiger partial charge in [0.15, 0.2) is 9.84 Å². The number of hydrogen-bond donors (Lipinski definition) is 1. The van der Waals surface area contributed by atoms with Crippen molar-refractivity contribution in [2.45, 2.75) is 30.6 Å². The van der Waals surface area contributed by atoms with Crippen LogP contribution < -0.4 is 5.32 Å². The molecule has 1 aliphatic rings. The van der Waals surface area contributed by atoms with E-state index in [-0.39, 0.29) is 24.8 Å². The van der Waals surface area contributed by atoms with Crippen molar-refractivity contribution >= 4 is 40.3 Å². The molecule has 0 saturated carbocycles. The highest BCUT2D eigenvalue weighted by molar-refractivity contribution is 7.90. The third-order valence-corrected chi connectivity index (χ3v) is 6.47. The molecular formula is C22H32Cl2N2O2S. The van der Waals surface area contributed by atoms with Crippen LogP contribution in [0, 0.1) is 5.92 Å². The molecule has 4 nitrogen and oxygen atoms in total. The second kappa shape index (κ2) is 12.4. The zero-order valence-corrected chi connectivity index (χ0v) is 19.4. The Labute approximate surface area is 187 Å². The highest BCUT2D eigenvalue weighted by atomic mass is 35.5. The average Bonchev–Trinajstić information content (AvgIpc) is 2.67. The second-order valence-corrected chi connectivity index (χ2v) is 9.57. The highest BCUT2D eigenvalue weighted by Gasteiger charge is 2.19. The van der Waals surface area contributed by atoms with E-state index < -0.39 is 9.84 Å². The lowest BCUT2D eigenvalue weighted by Gasteiger charge is -2.32. The van der Waals surface area contributed by atoms with Gasteiger partial charge in [-0.05, 0) is 81.1 Å². The summed E-state index contributed by atoms with van der Waals surface area (Å²) in [6.45, 7) is 4.49. The van der Waals surface area contributed by atoms with Crippen LogP contribution in [0.2, 0.25) is 0 Å². The van der Waals surface area contributed by atoms with Crippen LogP contribution in [-0.2, 0) is 16.3 Å². The molecule has 0 atom stereocenters. The molecule has 162 valence electrons. The molecule has 3 rings (SSSR count). The molecule has 1 saturated heterocycles. The standard InChI is InChI=1S/C22H30N2O2S.2ClH/c1-27(25,26)22-10-8-19(9-11-22)18-20-12-16-24(17-13-20)15-5-14-23-21-6-3-2-4-7-21;;/h2-4,6-11,20,23H,5,12-18H2,1H3;2*1H. The van der Waals surface area contributed by atoms with E-state index in [0.717, 1.165) is 39.0 Å². The summed E-state index contributed by atoms with van der Waals surface area (Å²) < 4.78 is 23.1. The predicted molar refractivity (Wildman–Crippen MR) is 126 cm³/mol. The maximum atomic E-state index is 11.5. The van der Waals surface area contributed by atoms with Crippen LogP contribution in [-0.4, -0.2) is 45.8 Å². The Kier molecular flexibility index (Phi) is 11.0. The summed E-state index contributed by atoms with van der Waals surface area (Å²) in [5, 5.41) is 3.47. The number of para-hydroxylation sites is 1. The average molecular weight is 459 g/mol. The van der Waals surface area contributed by atoms with Crippen LogP contribution in [0.15, 0.2) is 59.5 Å². The van der Waals surface area contributed by atoms with E-state index in [9.17, 15) is 8.42 Å². The number of benzene rings is 2. The molecule has 0 aliphatic carbocycles. The van der Waals surface area contributed by atoms with E-state index in [2.05, 4.69) is 34.5 Å². The van der Waals surface area contributed by atoms with Gasteiger partial charge in [-0.25, -0.2) is 8.42 Å². The van der Waals surface area contributed by atoms with Crippen LogP contribution in [0.3, 0.4) is 0 Å². The molecule has 2 aromatic rings. The van der Waals surface area contributed by atoms with Crippen molar-refractivity contribution in [1.29, 1.82) is 0 Å². The van der Waals surface area contributed by atoms with E-state index in [1.165, 1.54) is 30.3 Å². The van der Waals surface area contributed by atoms with E-state index >= 15 is 0 Å². The summed E-state index contributed by atoms with van der Waals surface area (Å²) in [5.74, 6) is 0.702. The minimum atomic E-state index is -3.10. The SMILES string of the molecule is CS(=O)(=O)c1ccc(CC2CCN(CCCNc3ccccc3)CC2)cc1.Cl.Cl. The van der Waals surface area contributed by atoms with Crippen LogP contribution in [0.4, 0.5) is 5.69 Å². The van der Waals surface area contributed by atoms with Crippen molar-refractivity contribution in [3.8, 4) is 0 Å². The van der Waals surface area contributed by atoms with Gasteiger partial charge in [-0.1, -0.05) is 30.3 Å². The van der Waals surface area contributed by atoms with Gasteiger partial charge < -0.3 is 10.2 Å². The lowest BCUT2D eigenvalue weighted by Crippen LogP contribution is -2.35. The first kappa shape index (κ1) is 25.8. The Balaban J connectivity index is 0.00000210. The second-order valence-electron chi connectivity index (χ2n) is 7.55. The Morgan fingerprint density at radius 3 is 2.17 bits per heavy atom. The van der Waals surface area contributed by atoms with E-state index in [0.29, 0.717) is 10.8 Å². The fraction of sp³-hybridized carbons (Fsp3) is 0.455. The molecular weight excluding hydrogens is 427 g/mol. The monoisotopic (exact) mass is 458 g/mol. The van der Waals surface area contributed by atoms with Crippen molar-refractivity contribution in [3.05, 3.63) is 60.2 Å². The molecule has 2 aromatic carbocycles. The number of anilines is 1. The summed E-state index contributed by atoms with van der Waals surface area (Å²) in [4.78, 5) is 2.97. The zero-order valence-electron chi connectivity index (χ0n) is 16.9. The smallest absolute Gasteiger partial charge is 0.175 e. The van der Waals surface area contributed by atoms with Gasteiger partial charge in [-0.15, -0.1) is 24.8 Å². The number of likely N-dealkylation sites (tertiary alicyclic amines) is 1. The van der Waals surface area contributed by atoms with Gasteiger partial charge in [0.2, 0.25) is 0 Å². The zero-order chi connectivity index (χ0) is 19.1. The topological polar surface area (TPSA) is 49.4 Å². The lowest BCUT2D eigenvalue weighted by molar-refractivity contribution is 0.183. The molecule has 1 heterocycles. The largest absolute Gasteiger partial charge is 0.385 e. The number of hydrogen-bond acceptors (Lipinski definition) is 4. The number of nitrogens with one attached hydrogen (secondary N) is 1. The van der Waals surface area contributed by atoms with Crippen molar-refractivity contribution in [1.82, 2.24) is 4.90 Å². The molecule has 0 aromatic heterocycles. The minimum Gasteiger partial charge on any atom is -0.385 e. The van der Waals surface area contributed by atoms with E-state index in [1.807, 2.05) is 18.2 Å². The van der Waals surface area contributed by atoms with Gasteiger partial charge >= 0.3 is 0 Å². The molecule has 1 fully saturated rings. The van der Waals surface area contributed by atoms with Crippen LogP contribution in [0.1, 0.15) is 24.8 Å². The first-order valence-corrected chi connectivity index (χ1v) is 11.7. The lowest BCUT2D eigenvalue weighted by atomic mass is 9.90. The molecule has 1 aliphatic heterocycles. The Hall–Kier alpha value is -1.27. The number of sulfone groups is 1. The molecule has 0 amide bonds. The maximum Gasteiger partial charge on any atom is 0.175 e. The van der Waals surface area contributed by atoms with E-state index in [4.69, 9.17) is 0 Å². The van der Waals surface area contributed by atoms with Crippen molar-refractivity contribution < 1.29 is 8.42 Å². The van der Waals surface area contributed by atoms with Gasteiger partial charge in [-0.3, -0.25) is 0 Å². The quantitative estimate of drug-likeness (QED) is 0.582. The third-order valence-electron chi connectivity index (χ3n) is 5.34. The molecule has 29 heavy (non-hydrogen) atoms. The van der Waals surface area contributed by atoms with Gasteiger partial charge in [0.1, 0.15) is 0 Å². The minimum absolute atomic E-state index is 0. The normalized spacial score (nSPS) is 15.2. The summed E-state index contributed by atoms with van der Waals surface area (Å²) >= 11 is 0. The van der Waals surface area contributed by atoms with Crippen molar-refractivity contribution in [3.63, 3.8) is 0 Å². The molecule has 7 heteroatoms. The summed E-state index contributed by atoms with van der Waals surface area (Å²) in [6, 6.07) is 17.8.